The van der Waals surface area contributed by atoms with E-state index < -0.39 is 15.2 Å². The molecule has 8 nitrogen and oxygen atoms in total. The van der Waals surface area contributed by atoms with Gasteiger partial charge in [0.2, 0.25) is 0 Å². The van der Waals surface area contributed by atoms with Crippen LogP contribution >= 0.6 is 15.2 Å². The van der Waals surface area contributed by atoms with Crippen molar-refractivity contribution in [3.8, 4) is 0 Å². The number of unbranched alkanes of at least 4 members (excludes halogenated alkanes) is 1. The Morgan fingerprint density at radius 1 is 0.900 bits per heavy atom. The standard InChI is InChI=1S/C10H24O8P2/c1-19(12,13)17-7-2-3-8-18-20(14,15)10-4-6-16-9-5-11/h11H,2-10H2,1H3,(H,12,13)(H,14,15). The summed E-state index contributed by atoms with van der Waals surface area (Å²) < 4.78 is 36.8. The number of aliphatic hydroxyl groups is 1. The van der Waals surface area contributed by atoms with Gasteiger partial charge in [-0.15, -0.1) is 0 Å². The second-order valence-electron chi connectivity index (χ2n) is 4.23. The zero-order valence-corrected chi connectivity index (χ0v) is 13.4. The Balaban J connectivity index is 3.52. The molecule has 0 rings (SSSR count). The van der Waals surface area contributed by atoms with Crippen molar-refractivity contribution < 1.29 is 37.8 Å². The highest BCUT2D eigenvalue weighted by Gasteiger charge is 2.18. The van der Waals surface area contributed by atoms with Crippen LogP contribution in [0.25, 0.3) is 0 Å². The van der Waals surface area contributed by atoms with Gasteiger partial charge in [0.05, 0.1) is 32.6 Å². The van der Waals surface area contributed by atoms with E-state index in [4.69, 9.17) is 19.3 Å². The van der Waals surface area contributed by atoms with Crippen LogP contribution in [0.5, 0.6) is 0 Å². The van der Waals surface area contributed by atoms with E-state index in [9.17, 15) is 14.0 Å². The van der Waals surface area contributed by atoms with E-state index in [1.165, 1.54) is 0 Å². The van der Waals surface area contributed by atoms with Gasteiger partial charge in [0.1, 0.15) is 0 Å². The van der Waals surface area contributed by atoms with Crippen molar-refractivity contribution in [2.45, 2.75) is 19.3 Å². The van der Waals surface area contributed by atoms with E-state index in [0.29, 0.717) is 25.9 Å². The SMILES string of the molecule is CP(=O)(O)OCCCCOP(=O)(O)CCCOCCO. The zero-order valence-electron chi connectivity index (χ0n) is 11.6. The Bertz CT molecular complexity index is 329. The fraction of sp³-hybridized carbons (Fsp3) is 1.00. The molecule has 0 amide bonds. The van der Waals surface area contributed by atoms with Crippen LogP contribution in [0.4, 0.5) is 0 Å². The first-order valence-electron chi connectivity index (χ1n) is 6.36. The summed E-state index contributed by atoms with van der Waals surface area (Å²) in [5, 5.41) is 8.47. The van der Waals surface area contributed by atoms with Crippen LogP contribution < -0.4 is 0 Å². The van der Waals surface area contributed by atoms with Gasteiger partial charge >= 0.3 is 15.2 Å². The lowest BCUT2D eigenvalue weighted by atomic mass is 10.3. The van der Waals surface area contributed by atoms with Gasteiger partial charge in [-0.2, -0.15) is 0 Å². The molecule has 0 aromatic heterocycles. The van der Waals surface area contributed by atoms with Gasteiger partial charge in [-0.25, -0.2) is 0 Å². The van der Waals surface area contributed by atoms with Crippen LogP contribution in [0, 0.1) is 0 Å². The van der Waals surface area contributed by atoms with Gasteiger partial charge in [-0.1, -0.05) is 0 Å². The Hall–Kier alpha value is 0.220. The second kappa shape index (κ2) is 10.9. The van der Waals surface area contributed by atoms with E-state index in [-0.39, 0.29) is 32.6 Å². The summed E-state index contributed by atoms with van der Waals surface area (Å²) in [6.45, 7) is 1.73. The van der Waals surface area contributed by atoms with Crippen molar-refractivity contribution in [3.05, 3.63) is 0 Å². The lowest BCUT2D eigenvalue weighted by Gasteiger charge is -2.12. The van der Waals surface area contributed by atoms with Gasteiger partial charge in [0.15, 0.2) is 0 Å². The molecule has 0 bridgehead atoms. The van der Waals surface area contributed by atoms with Crippen molar-refractivity contribution in [2.24, 2.45) is 0 Å². The third-order valence-electron chi connectivity index (χ3n) is 2.13. The summed E-state index contributed by atoms with van der Waals surface area (Å²) in [6.07, 6.45) is 1.31. The molecule has 2 atom stereocenters. The van der Waals surface area contributed by atoms with Crippen molar-refractivity contribution >= 4 is 15.2 Å². The Morgan fingerprint density at radius 3 is 2.05 bits per heavy atom. The third-order valence-corrected chi connectivity index (χ3v) is 4.26. The molecule has 0 aliphatic carbocycles. The van der Waals surface area contributed by atoms with Crippen molar-refractivity contribution in [2.75, 3.05) is 45.9 Å². The molecule has 3 N–H and O–H groups in total. The van der Waals surface area contributed by atoms with Gasteiger partial charge in [-0.05, 0) is 19.3 Å². The fourth-order valence-corrected chi connectivity index (χ4v) is 2.78. The summed E-state index contributed by atoms with van der Waals surface area (Å²) >= 11 is 0. The maximum atomic E-state index is 11.6. The monoisotopic (exact) mass is 334 g/mol. The molecule has 10 heteroatoms. The molecule has 0 spiro atoms. The molecule has 0 aliphatic heterocycles. The van der Waals surface area contributed by atoms with E-state index in [1.807, 2.05) is 0 Å². The van der Waals surface area contributed by atoms with Crippen molar-refractivity contribution in [1.82, 2.24) is 0 Å². The summed E-state index contributed by atoms with van der Waals surface area (Å²) in [5.41, 5.74) is 0. The number of rotatable bonds is 13. The fourth-order valence-electron chi connectivity index (χ4n) is 1.24. The van der Waals surface area contributed by atoms with Crippen LogP contribution in [-0.2, 0) is 22.9 Å². The van der Waals surface area contributed by atoms with Crippen LogP contribution in [0.2, 0.25) is 0 Å². The van der Waals surface area contributed by atoms with Crippen LogP contribution in [0.15, 0.2) is 0 Å². The zero-order chi connectivity index (χ0) is 15.5. The third kappa shape index (κ3) is 14.6. The second-order valence-corrected chi connectivity index (χ2v) is 8.07. The molecule has 0 radical (unpaired) electrons. The van der Waals surface area contributed by atoms with Crippen LogP contribution in [-0.4, -0.2) is 60.8 Å². The van der Waals surface area contributed by atoms with E-state index >= 15 is 0 Å². The molecule has 0 saturated heterocycles. The summed E-state index contributed by atoms with van der Waals surface area (Å²) in [6, 6.07) is 0. The van der Waals surface area contributed by atoms with Crippen molar-refractivity contribution in [3.63, 3.8) is 0 Å². The molecule has 0 heterocycles. The molecule has 0 fully saturated rings. The topological polar surface area (TPSA) is 123 Å². The molecule has 0 aromatic carbocycles. The minimum atomic E-state index is -3.61. The van der Waals surface area contributed by atoms with E-state index in [2.05, 4.69) is 4.52 Å². The van der Waals surface area contributed by atoms with Gasteiger partial charge in [0.25, 0.3) is 0 Å². The summed E-state index contributed by atoms with van der Waals surface area (Å²) in [4.78, 5) is 18.3. The Kier molecular flexibility index (Phi) is 11.0. The van der Waals surface area contributed by atoms with Gasteiger partial charge in [0, 0.05) is 13.3 Å². The Labute approximate surface area is 119 Å². The summed E-state index contributed by atoms with van der Waals surface area (Å²) in [5.74, 6) is 0. The predicted molar refractivity (Wildman–Crippen MR) is 74.1 cm³/mol. The minimum absolute atomic E-state index is 0.00424. The largest absolute Gasteiger partial charge is 0.394 e. The molecular formula is C10H24O8P2. The Morgan fingerprint density at radius 2 is 1.50 bits per heavy atom. The predicted octanol–water partition coefficient (Wildman–Crippen LogP) is 1.20. The average molecular weight is 334 g/mol. The highest BCUT2D eigenvalue weighted by molar-refractivity contribution is 7.52. The van der Waals surface area contributed by atoms with Gasteiger partial charge < -0.3 is 28.7 Å². The highest BCUT2D eigenvalue weighted by Crippen LogP contribution is 2.42. The molecule has 122 valence electrons. The van der Waals surface area contributed by atoms with E-state index in [1.54, 1.807) is 0 Å². The maximum absolute atomic E-state index is 11.6. The summed E-state index contributed by atoms with van der Waals surface area (Å²) in [7, 11) is -7.06. The first-order valence-corrected chi connectivity index (χ1v) is 10.2. The first-order chi connectivity index (χ1) is 9.27. The van der Waals surface area contributed by atoms with E-state index in [0.717, 1.165) is 6.66 Å². The number of hydrogen-bond acceptors (Lipinski definition) is 6. The molecular weight excluding hydrogens is 310 g/mol. The quantitative estimate of drug-likeness (QED) is 0.339. The van der Waals surface area contributed by atoms with Gasteiger partial charge in [-0.3, -0.25) is 9.13 Å². The van der Waals surface area contributed by atoms with Crippen molar-refractivity contribution in [1.29, 1.82) is 0 Å². The lowest BCUT2D eigenvalue weighted by Crippen LogP contribution is -2.04. The first kappa shape index (κ1) is 20.2. The van der Waals surface area contributed by atoms with Crippen LogP contribution in [0.1, 0.15) is 19.3 Å². The molecule has 20 heavy (non-hydrogen) atoms. The van der Waals surface area contributed by atoms with Crippen LogP contribution in [0.3, 0.4) is 0 Å². The molecule has 0 aromatic rings. The highest BCUT2D eigenvalue weighted by atomic mass is 31.2. The molecule has 0 saturated carbocycles. The smallest absolute Gasteiger partial charge is 0.328 e. The molecule has 0 aliphatic rings. The normalized spacial score (nSPS) is 17.6. The average Bonchev–Trinajstić information content (AvgIpc) is 2.32. The molecule has 2 unspecified atom stereocenters. The number of aliphatic hydroxyl groups excluding tert-OH is 1. The maximum Gasteiger partial charge on any atom is 0.328 e. The number of ether oxygens (including phenoxy) is 1. The number of hydrogen-bond donors (Lipinski definition) is 3. The minimum Gasteiger partial charge on any atom is -0.394 e. The lowest BCUT2D eigenvalue weighted by molar-refractivity contribution is 0.0922.